The molecule has 2 saturated heterocycles. The van der Waals surface area contributed by atoms with Crippen molar-refractivity contribution in [1.29, 1.82) is 0 Å². The third kappa shape index (κ3) is 3.33. The monoisotopic (exact) mass is 304 g/mol. The van der Waals surface area contributed by atoms with Crippen LogP contribution in [0.1, 0.15) is 19.8 Å². The highest BCUT2D eigenvalue weighted by atomic mass is 32.2. The Morgan fingerprint density at radius 2 is 1.60 bits per heavy atom. The van der Waals surface area contributed by atoms with Gasteiger partial charge in [0.2, 0.25) is 10.0 Å². The van der Waals surface area contributed by atoms with Crippen molar-refractivity contribution in [2.45, 2.75) is 25.3 Å². The molecule has 0 aromatic rings. The number of hydrogen-bond donors (Lipinski definition) is 1. The zero-order chi connectivity index (χ0) is 14.8. The Morgan fingerprint density at radius 3 is 2.00 bits per heavy atom. The van der Waals surface area contributed by atoms with Crippen molar-refractivity contribution in [1.82, 2.24) is 14.1 Å². The van der Waals surface area contributed by atoms with Gasteiger partial charge in [-0.15, -0.1) is 0 Å². The summed E-state index contributed by atoms with van der Waals surface area (Å²) in [6.07, 6.45) is 3.48. The molecule has 0 amide bonds. The van der Waals surface area contributed by atoms with Crippen LogP contribution in [0.4, 0.5) is 0 Å². The Labute approximate surface area is 122 Å². The zero-order valence-electron chi connectivity index (χ0n) is 12.7. The van der Waals surface area contributed by atoms with Gasteiger partial charge in [0.25, 0.3) is 0 Å². The highest BCUT2D eigenvalue weighted by Crippen LogP contribution is 2.29. The summed E-state index contributed by atoms with van der Waals surface area (Å²) < 4.78 is 24.7. The highest BCUT2D eigenvalue weighted by Gasteiger charge is 2.40. The van der Waals surface area contributed by atoms with Gasteiger partial charge in [0, 0.05) is 38.3 Å². The number of rotatable bonds is 4. The van der Waals surface area contributed by atoms with Gasteiger partial charge in [0.15, 0.2) is 0 Å². The summed E-state index contributed by atoms with van der Waals surface area (Å²) in [6, 6.07) is 0. The Bertz CT molecular complexity index is 410. The van der Waals surface area contributed by atoms with E-state index in [4.69, 9.17) is 5.73 Å². The predicted octanol–water partition coefficient (Wildman–Crippen LogP) is -0.623. The molecule has 2 aliphatic rings. The number of sulfonamides is 1. The molecule has 2 N–H and O–H groups in total. The number of piperazine rings is 1. The van der Waals surface area contributed by atoms with Crippen molar-refractivity contribution < 1.29 is 8.42 Å². The molecule has 0 atom stereocenters. The lowest BCUT2D eigenvalue weighted by Gasteiger charge is -2.50. The molecule has 20 heavy (non-hydrogen) atoms. The second-order valence-electron chi connectivity index (χ2n) is 6.01. The molecule has 0 aromatic heterocycles. The van der Waals surface area contributed by atoms with E-state index in [1.807, 2.05) is 0 Å². The average Bonchev–Trinajstić information content (AvgIpc) is 2.46. The summed E-state index contributed by atoms with van der Waals surface area (Å²) in [4.78, 5) is 4.89. The number of nitrogens with zero attached hydrogens (tertiary/aromatic N) is 3. The van der Waals surface area contributed by atoms with Crippen LogP contribution in [0.15, 0.2) is 0 Å². The lowest BCUT2D eigenvalue weighted by Crippen LogP contribution is -2.63. The molecule has 0 saturated carbocycles. The maximum atomic E-state index is 11.6. The van der Waals surface area contributed by atoms with Gasteiger partial charge >= 0.3 is 0 Å². The predicted molar refractivity (Wildman–Crippen MR) is 81.1 cm³/mol. The Kier molecular flexibility index (Phi) is 5.07. The number of hydrogen-bond acceptors (Lipinski definition) is 5. The topological polar surface area (TPSA) is 69.9 Å². The molecule has 0 aliphatic carbocycles. The van der Waals surface area contributed by atoms with Crippen LogP contribution >= 0.6 is 0 Å². The van der Waals surface area contributed by atoms with E-state index in [9.17, 15) is 8.42 Å². The van der Waals surface area contributed by atoms with Gasteiger partial charge in [-0.2, -0.15) is 4.31 Å². The molecule has 0 unspecified atom stereocenters. The summed E-state index contributed by atoms with van der Waals surface area (Å²) in [5, 5.41) is 0. The van der Waals surface area contributed by atoms with Crippen molar-refractivity contribution in [3.05, 3.63) is 0 Å². The Balaban J connectivity index is 1.97. The maximum absolute atomic E-state index is 11.6. The van der Waals surface area contributed by atoms with Crippen molar-refractivity contribution in [3.8, 4) is 0 Å². The average molecular weight is 304 g/mol. The summed E-state index contributed by atoms with van der Waals surface area (Å²) in [7, 11) is -3.05. The summed E-state index contributed by atoms with van der Waals surface area (Å²) in [5.74, 6) is 0. The SMILES string of the molecule is CCN1CCC(CN)(N2CCN(S(C)(=O)=O)CC2)CC1. The van der Waals surface area contributed by atoms with Crippen LogP contribution < -0.4 is 5.73 Å². The van der Waals surface area contributed by atoms with Crippen LogP contribution in [0, 0.1) is 0 Å². The van der Waals surface area contributed by atoms with Crippen LogP contribution in [-0.2, 0) is 10.0 Å². The van der Waals surface area contributed by atoms with Crippen molar-refractivity contribution >= 4 is 10.0 Å². The standard InChI is InChI=1S/C13H28N4O2S/c1-3-15-6-4-13(12-14,5-7-15)16-8-10-17(11-9-16)20(2,18)19/h3-12,14H2,1-2H3. The third-order valence-corrected chi connectivity index (χ3v) is 6.30. The summed E-state index contributed by atoms with van der Waals surface area (Å²) in [6.45, 7) is 8.95. The first-order valence-electron chi connectivity index (χ1n) is 7.54. The summed E-state index contributed by atoms with van der Waals surface area (Å²) in [5.41, 5.74) is 6.16. The first-order chi connectivity index (χ1) is 9.41. The quantitative estimate of drug-likeness (QED) is 0.749. The fourth-order valence-electron chi connectivity index (χ4n) is 3.43. The molecule has 2 rings (SSSR count). The van der Waals surface area contributed by atoms with Gasteiger partial charge in [-0.05, 0) is 32.5 Å². The van der Waals surface area contributed by atoms with E-state index in [-0.39, 0.29) is 5.54 Å². The number of nitrogens with two attached hydrogens (primary N) is 1. The second kappa shape index (κ2) is 6.27. The fourth-order valence-corrected chi connectivity index (χ4v) is 4.26. The third-order valence-electron chi connectivity index (χ3n) is 4.99. The lowest BCUT2D eigenvalue weighted by atomic mass is 9.85. The molecule has 6 nitrogen and oxygen atoms in total. The fraction of sp³-hybridized carbons (Fsp3) is 1.00. The van der Waals surface area contributed by atoms with Crippen molar-refractivity contribution in [3.63, 3.8) is 0 Å². The maximum Gasteiger partial charge on any atom is 0.211 e. The van der Waals surface area contributed by atoms with Crippen molar-refractivity contribution in [2.24, 2.45) is 5.73 Å². The molecule has 118 valence electrons. The van der Waals surface area contributed by atoms with E-state index in [0.29, 0.717) is 19.6 Å². The zero-order valence-corrected chi connectivity index (χ0v) is 13.5. The van der Waals surface area contributed by atoms with Gasteiger partial charge in [-0.1, -0.05) is 6.92 Å². The van der Waals surface area contributed by atoms with E-state index < -0.39 is 10.0 Å². The van der Waals surface area contributed by atoms with E-state index in [0.717, 1.165) is 45.6 Å². The minimum absolute atomic E-state index is 0.0786. The van der Waals surface area contributed by atoms with Crippen LogP contribution in [0.25, 0.3) is 0 Å². The summed E-state index contributed by atoms with van der Waals surface area (Å²) >= 11 is 0. The van der Waals surface area contributed by atoms with Gasteiger partial charge in [0.05, 0.1) is 6.26 Å². The first kappa shape index (κ1) is 16.2. The van der Waals surface area contributed by atoms with Gasteiger partial charge in [-0.3, -0.25) is 4.90 Å². The van der Waals surface area contributed by atoms with E-state index in [1.165, 1.54) is 6.26 Å². The lowest BCUT2D eigenvalue weighted by molar-refractivity contribution is 0.00863. The molecule has 0 radical (unpaired) electrons. The molecule has 2 aliphatic heterocycles. The minimum atomic E-state index is -3.05. The number of likely N-dealkylation sites (tertiary alicyclic amines) is 1. The number of piperidine rings is 1. The van der Waals surface area contributed by atoms with Gasteiger partial charge in [-0.25, -0.2) is 8.42 Å². The van der Waals surface area contributed by atoms with Crippen LogP contribution in [0.2, 0.25) is 0 Å². The second-order valence-corrected chi connectivity index (χ2v) is 7.99. The Hall–Kier alpha value is -0.210. The highest BCUT2D eigenvalue weighted by molar-refractivity contribution is 7.88. The first-order valence-corrected chi connectivity index (χ1v) is 9.39. The molecule has 0 bridgehead atoms. The van der Waals surface area contributed by atoms with Gasteiger partial charge in [0.1, 0.15) is 0 Å². The van der Waals surface area contributed by atoms with E-state index >= 15 is 0 Å². The molecule has 2 heterocycles. The van der Waals surface area contributed by atoms with Crippen LogP contribution in [-0.4, -0.2) is 86.7 Å². The van der Waals surface area contributed by atoms with Crippen LogP contribution in [0.3, 0.4) is 0 Å². The molecule has 2 fully saturated rings. The molecule has 0 spiro atoms. The molecular weight excluding hydrogens is 276 g/mol. The van der Waals surface area contributed by atoms with Crippen LogP contribution in [0.5, 0.6) is 0 Å². The largest absolute Gasteiger partial charge is 0.329 e. The molecular formula is C13H28N4O2S. The Morgan fingerprint density at radius 1 is 1.05 bits per heavy atom. The van der Waals surface area contributed by atoms with Crippen molar-refractivity contribution in [2.75, 3.05) is 58.6 Å². The van der Waals surface area contributed by atoms with E-state index in [2.05, 4.69) is 16.7 Å². The molecule has 7 heteroatoms. The van der Waals surface area contributed by atoms with Gasteiger partial charge < -0.3 is 10.6 Å². The van der Waals surface area contributed by atoms with E-state index in [1.54, 1.807) is 4.31 Å². The minimum Gasteiger partial charge on any atom is -0.329 e. The normalized spacial score (nSPS) is 26.8. The smallest absolute Gasteiger partial charge is 0.211 e. The molecule has 0 aromatic carbocycles.